The van der Waals surface area contributed by atoms with Crippen molar-refractivity contribution in [3.8, 4) is 5.82 Å². The second-order valence-corrected chi connectivity index (χ2v) is 7.75. The van der Waals surface area contributed by atoms with E-state index in [-0.39, 0.29) is 11.5 Å². The van der Waals surface area contributed by atoms with E-state index in [2.05, 4.69) is 30.9 Å². The molecule has 0 radical (unpaired) electrons. The highest BCUT2D eigenvalue weighted by Crippen LogP contribution is 2.21. The van der Waals surface area contributed by atoms with Crippen LogP contribution in [0.2, 0.25) is 0 Å². The number of nitrogens with zero attached hydrogens (tertiary/aromatic N) is 6. The molecule has 9 nitrogen and oxygen atoms in total. The Labute approximate surface area is 191 Å². The number of aromatic nitrogens is 4. The molecule has 4 rings (SSSR count). The lowest BCUT2D eigenvalue weighted by Gasteiger charge is -2.35. The van der Waals surface area contributed by atoms with Crippen LogP contribution in [0, 0.1) is 12.7 Å². The van der Waals surface area contributed by atoms with Gasteiger partial charge in [-0.3, -0.25) is 4.90 Å². The molecule has 1 saturated heterocycles. The van der Waals surface area contributed by atoms with Gasteiger partial charge in [0.15, 0.2) is 5.82 Å². The molecule has 1 fully saturated rings. The van der Waals surface area contributed by atoms with Crippen molar-refractivity contribution in [1.82, 2.24) is 24.6 Å². The van der Waals surface area contributed by atoms with Gasteiger partial charge in [0, 0.05) is 56.2 Å². The summed E-state index contributed by atoms with van der Waals surface area (Å²) >= 11 is 0. The first-order valence-electron chi connectivity index (χ1n) is 10.6. The fraction of sp³-hybridized carbons (Fsp3) is 0.304. The lowest BCUT2D eigenvalue weighted by Crippen LogP contribution is -2.46. The molecular weight excluding hydrogens is 425 g/mol. The number of carbonyl (C=O) groups excluding carboxylic acids is 1. The number of hydrogen-bond acceptors (Lipinski definition) is 8. The lowest BCUT2D eigenvalue weighted by atomic mass is 10.1. The van der Waals surface area contributed by atoms with E-state index in [1.54, 1.807) is 29.2 Å². The smallest absolute Gasteiger partial charge is 0.338 e. The Morgan fingerprint density at radius 3 is 2.76 bits per heavy atom. The number of halogens is 1. The zero-order valence-corrected chi connectivity index (χ0v) is 18.6. The van der Waals surface area contributed by atoms with E-state index >= 15 is 0 Å². The number of rotatable bonds is 6. The lowest BCUT2D eigenvalue weighted by molar-refractivity contribution is 0.0600. The summed E-state index contributed by atoms with van der Waals surface area (Å²) in [6.45, 7) is 5.90. The molecular formula is C23H26FN7O2. The molecule has 3 aromatic rings. The maximum atomic E-state index is 14.0. The van der Waals surface area contributed by atoms with Crippen LogP contribution in [-0.2, 0) is 4.74 Å². The Morgan fingerprint density at radius 1 is 1.24 bits per heavy atom. The monoisotopic (exact) mass is 451 g/mol. The number of nitrogens with two attached hydrogens (primary N) is 1. The zero-order chi connectivity index (χ0) is 23.4. The standard InChI is InChI=1S/C23H26FN7O2/c1-16-17(15-27-31(16)21-5-6-26-23(25)28-21)4-3-7-29-8-10-30(11-9-29)20-13-18(22(32)33-2)12-19(24)14-20/h3-6,12-15H,7-11H2,1-2H3,(H2,25,26,28)/b4-3+. The highest BCUT2D eigenvalue weighted by Gasteiger charge is 2.19. The number of nitrogen functional groups attached to an aromatic ring is 1. The second kappa shape index (κ2) is 9.78. The minimum absolute atomic E-state index is 0.207. The molecule has 0 aliphatic carbocycles. The van der Waals surface area contributed by atoms with Gasteiger partial charge < -0.3 is 15.4 Å². The van der Waals surface area contributed by atoms with Gasteiger partial charge in [0.25, 0.3) is 0 Å². The molecule has 2 N–H and O–H groups in total. The predicted molar refractivity (Wildman–Crippen MR) is 124 cm³/mol. The minimum atomic E-state index is -0.540. The molecule has 0 saturated carbocycles. The van der Waals surface area contributed by atoms with Crippen LogP contribution in [0.5, 0.6) is 0 Å². The first-order valence-corrected chi connectivity index (χ1v) is 10.6. The first-order chi connectivity index (χ1) is 15.9. The van der Waals surface area contributed by atoms with Crippen LogP contribution >= 0.6 is 0 Å². The van der Waals surface area contributed by atoms with Gasteiger partial charge in [-0.2, -0.15) is 10.1 Å². The fourth-order valence-corrected chi connectivity index (χ4v) is 3.81. The normalized spacial score (nSPS) is 14.7. The summed E-state index contributed by atoms with van der Waals surface area (Å²) in [5.74, 6) is -0.151. The zero-order valence-electron chi connectivity index (χ0n) is 18.6. The van der Waals surface area contributed by atoms with E-state index in [1.807, 2.05) is 13.0 Å². The van der Waals surface area contributed by atoms with E-state index in [4.69, 9.17) is 10.5 Å². The Bertz CT molecular complexity index is 1170. The highest BCUT2D eigenvalue weighted by molar-refractivity contribution is 5.90. The molecule has 172 valence electrons. The van der Waals surface area contributed by atoms with Gasteiger partial charge in [0.05, 0.1) is 24.6 Å². The first kappa shape index (κ1) is 22.4. The van der Waals surface area contributed by atoms with Crippen LogP contribution in [0.15, 0.2) is 42.7 Å². The van der Waals surface area contributed by atoms with Crippen molar-refractivity contribution in [2.24, 2.45) is 0 Å². The Kier molecular flexibility index (Phi) is 6.64. The van der Waals surface area contributed by atoms with E-state index in [0.29, 0.717) is 11.5 Å². The van der Waals surface area contributed by atoms with Crippen molar-refractivity contribution in [2.45, 2.75) is 6.92 Å². The van der Waals surface area contributed by atoms with Crippen molar-refractivity contribution < 1.29 is 13.9 Å². The van der Waals surface area contributed by atoms with Crippen molar-refractivity contribution in [3.63, 3.8) is 0 Å². The summed E-state index contributed by atoms with van der Waals surface area (Å²) < 4.78 is 20.4. The van der Waals surface area contributed by atoms with Gasteiger partial charge in [-0.25, -0.2) is 18.9 Å². The van der Waals surface area contributed by atoms with Crippen molar-refractivity contribution in [2.75, 3.05) is 50.5 Å². The fourth-order valence-electron chi connectivity index (χ4n) is 3.81. The number of benzene rings is 1. The molecule has 1 aliphatic rings. The second-order valence-electron chi connectivity index (χ2n) is 7.75. The Hall–Kier alpha value is -3.79. The van der Waals surface area contributed by atoms with Crippen molar-refractivity contribution in [3.05, 3.63) is 65.4 Å². The van der Waals surface area contributed by atoms with E-state index < -0.39 is 11.8 Å². The summed E-state index contributed by atoms with van der Waals surface area (Å²) in [5.41, 5.74) is 8.55. The number of piperazine rings is 1. The van der Waals surface area contributed by atoms with Crippen molar-refractivity contribution >= 4 is 23.7 Å². The summed E-state index contributed by atoms with van der Waals surface area (Å²) in [5, 5.41) is 4.40. The minimum Gasteiger partial charge on any atom is -0.465 e. The SMILES string of the molecule is COC(=O)c1cc(F)cc(N2CCN(C/C=C/c3cnn(-c4ccnc(N)n4)c3C)CC2)c1. The van der Waals surface area contributed by atoms with E-state index in [1.165, 1.54) is 19.2 Å². The van der Waals surface area contributed by atoms with Gasteiger partial charge in [-0.1, -0.05) is 12.2 Å². The summed E-state index contributed by atoms with van der Waals surface area (Å²) in [6, 6.07) is 6.08. The highest BCUT2D eigenvalue weighted by atomic mass is 19.1. The van der Waals surface area contributed by atoms with Crippen LogP contribution in [-0.4, -0.2) is 70.5 Å². The van der Waals surface area contributed by atoms with Crippen LogP contribution in [0.1, 0.15) is 21.6 Å². The van der Waals surface area contributed by atoms with Crippen LogP contribution in [0.4, 0.5) is 16.0 Å². The third kappa shape index (κ3) is 5.17. The molecule has 1 aliphatic heterocycles. The van der Waals surface area contributed by atoms with Gasteiger partial charge >= 0.3 is 5.97 Å². The molecule has 0 amide bonds. The molecule has 3 heterocycles. The molecule has 10 heteroatoms. The number of esters is 1. The largest absolute Gasteiger partial charge is 0.465 e. The molecule has 0 spiro atoms. The molecule has 0 unspecified atom stereocenters. The molecule has 0 atom stereocenters. The summed E-state index contributed by atoms with van der Waals surface area (Å²) in [7, 11) is 1.29. The van der Waals surface area contributed by atoms with Gasteiger partial charge in [0.2, 0.25) is 5.95 Å². The van der Waals surface area contributed by atoms with E-state index in [9.17, 15) is 9.18 Å². The predicted octanol–water partition coefficient (Wildman–Crippen LogP) is 2.31. The maximum absolute atomic E-state index is 14.0. The quantitative estimate of drug-likeness (QED) is 0.570. The van der Waals surface area contributed by atoms with Crippen LogP contribution < -0.4 is 10.6 Å². The number of hydrogen-bond donors (Lipinski definition) is 1. The van der Waals surface area contributed by atoms with Gasteiger partial charge in [0.1, 0.15) is 5.82 Å². The van der Waals surface area contributed by atoms with Gasteiger partial charge in [-0.05, 0) is 25.1 Å². The average molecular weight is 452 g/mol. The number of carbonyl (C=O) groups is 1. The molecule has 1 aromatic carbocycles. The molecule has 0 bridgehead atoms. The third-order valence-electron chi connectivity index (χ3n) is 5.63. The Morgan fingerprint density at radius 2 is 2.03 bits per heavy atom. The van der Waals surface area contributed by atoms with Crippen molar-refractivity contribution in [1.29, 1.82) is 0 Å². The van der Waals surface area contributed by atoms with Gasteiger partial charge in [-0.15, -0.1) is 0 Å². The topological polar surface area (TPSA) is 102 Å². The number of anilines is 2. The van der Waals surface area contributed by atoms with E-state index in [0.717, 1.165) is 44.0 Å². The average Bonchev–Trinajstić information content (AvgIpc) is 3.18. The Balaban J connectivity index is 1.34. The number of methoxy groups -OCH3 is 1. The number of ether oxygens (including phenoxy) is 1. The van der Waals surface area contributed by atoms with Crippen LogP contribution in [0.3, 0.4) is 0 Å². The summed E-state index contributed by atoms with van der Waals surface area (Å²) in [4.78, 5) is 24.3. The van der Waals surface area contributed by atoms with Crippen LogP contribution in [0.25, 0.3) is 11.9 Å². The molecule has 2 aromatic heterocycles. The maximum Gasteiger partial charge on any atom is 0.338 e. The summed E-state index contributed by atoms with van der Waals surface area (Å²) in [6.07, 6.45) is 7.56. The third-order valence-corrected chi connectivity index (χ3v) is 5.63. The molecule has 33 heavy (non-hydrogen) atoms.